The van der Waals surface area contributed by atoms with E-state index in [0.717, 1.165) is 112 Å². The Morgan fingerprint density at radius 3 is 0.827 bits per heavy atom. The highest BCUT2D eigenvalue weighted by atomic mass is 15.1. The Bertz CT molecular complexity index is 6000. The molecule has 6 heteroatoms. The molecule has 0 radical (unpaired) electrons. The number of nitrogens with zero attached hydrogens (tertiary/aromatic N) is 6. The first-order valence-electron chi connectivity index (χ1n) is 34.6. The van der Waals surface area contributed by atoms with Crippen molar-refractivity contribution in [2.75, 3.05) is 0 Å². The number of para-hydroxylation sites is 4. The Morgan fingerprint density at radius 1 is 0.224 bits per heavy atom. The molecule has 6 heterocycles. The van der Waals surface area contributed by atoms with Crippen molar-refractivity contribution in [1.29, 1.82) is 0 Å². The maximum absolute atomic E-state index is 5.73. The molecule has 0 unspecified atom stereocenters. The van der Waals surface area contributed by atoms with E-state index in [-0.39, 0.29) is 21.7 Å². The maximum Gasteiger partial charge on any atom is 0.0961 e. The van der Waals surface area contributed by atoms with Crippen molar-refractivity contribution >= 4 is 87.2 Å². The fourth-order valence-corrected chi connectivity index (χ4v) is 15.5. The zero-order chi connectivity index (χ0) is 67.3. The molecular weight excluding hydrogens is 1190 g/mol. The summed E-state index contributed by atoms with van der Waals surface area (Å²) in [5.41, 5.74) is 25.3. The molecule has 0 aliphatic rings. The standard InChI is InChI=1S/C92H80N6/c1-89(2,3)61-39-43-79-69(53-61)65-31-19-23-35-75(65)95(79)85-83(59-47-49-93-50-48-59)86(96-76-36-24-20-32-66(76)70-54-62(90(4,5)6)40-44-80(70)96)88(98-78-38-26-22-34-68(78)72-56-64(92(10,11)12)42-46-82(72)98)87(97-77-37-25-21-33-67(77)71-55-63(91(7,8)9)41-45-81(71)97)84(85)60-51-73(57-27-15-13-16-28-57)94-74(52-60)58-29-17-14-18-30-58/h13-56H,1-12H3. The minimum Gasteiger partial charge on any atom is -0.308 e. The van der Waals surface area contributed by atoms with Gasteiger partial charge >= 0.3 is 0 Å². The van der Waals surface area contributed by atoms with Gasteiger partial charge in [-0.2, -0.15) is 0 Å². The summed E-state index contributed by atoms with van der Waals surface area (Å²) in [5, 5.41) is 9.45. The zero-order valence-electron chi connectivity index (χ0n) is 58.1. The fraction of sp³-hybridized carbons (Fsp3) is 0.174. The van der Waals surface area contributed by atoms with Crippen molar-refractivity contribution < 1.29 is 0 Å². The monoisotopic (exact) mass is 1270 g/mol. The number of pyridine rings is 2. The number of hydrogen-bond acceptors (Lipinski definition) is 2. The normalized spacial score (nSPS) is 12.7. The lowest BCUT2D eigenvalue weighted by atomic mass is 9.86. The Balaban J connectivity index is 1.25. The molecule has 17 aromatic rings. The van der Waals surface area contributed by atoms with Gasteiger partial charge in [0, 0.05) is 77.7 Å². The van der Waals surface area contributed by atoms with E-state index >= 15 is 0 Å². The molecule has 17 rings (SSSR count). The smallest absolute Gasteiger partial charge is 0.0961 e. The largest absolute Gasteiger partial charge is 0.308 e. The summed E-state index contributed by atoms with van der Waals surface area (Å²) in [7, 11) is 0. The average Bonchev–Trinajstić information content (AvgIpc) is 1.43. The van der Waals surface area contributed by atoms with Gasteiger partial charge in [0.15, 0.2) is 0 Å². The van der Waals surface area contributed by atoms with Crippen LogP contribution in [0.1, 0.15) is 105 Å². The van der Waals surface area contributed by atoms with E-state index in [0.29, 0.717) is 0 Å². The summed E-state index contributed by atoms with van der Waals surface area (Å²) in [6.45, 7) is 28.0. The molecule has 0 spiro atoms. The van der Waals surface area contributed by atoms with E-state index in [9.17, 15) is 0 Å². The summed E-state index contributed by atoms with van der Waals surface area (Å²) in [5.74, 6) is 0. The summed E-state index contributed by atoms with van der Waals surface area (Å²) < 4.78 is 10.6. The van der Waals surface area contributed by atoms with E-state index in [4.69, 9.17) is 9.97 Å². The molecular formula is C92H80N6. The van der Waals surface area contributed by atoms with Crippen LogP contribution in [0.5, 0.6) is 0 Å². The van der Waals surface area contributed by atoms with E-state index in [1.54, 1.807) is 0 Å². The van der Waals surface area contributed by atoms with E-state index in [1.165, 1.54) is 65.3 Å². The second-order valence-corrected chi connectivity index (χ2v) is 31.1. The van der Waals surface area contributed by atoms with Gasteiger partial charge in [0.2, 0.25) is 0 Å². The second kappa shape index (κ2) is 22.2. The average molecular weight is 1270 g/mol. The highest BCUT2D eigenvalue weighted by Crippen LogP contribution is 2.56. The minimum atomic E-state index is -0.138. The van der Waals surface area contributed by atoms with Crippen LogP contribution in [-0.2, 0) is 21.7 Å². The summed E-state index contributed by atoms with van der Waals surface area (Å²) in [4.78, 5) is 10.6. The Morgan fingerprint density at radius 2 is 0.500 bits per heavy atom. The van der Waals surface area contributed by atoms with E-state index < -0.39 is 0 Å². The lowest BCUT2D eigenvalue weighted by Gasteiger charge is -2.32. The van der Waals surface area contributed by atoms with Crippen molar-refractivity contribution in [1.82, 2.24) is 28.2 Å². The Kier molecular flexibility index (Phi) is 13.7. The molecule has 6 nitrogen and oxygen atoms in total. The van der Waals surface area contributed by atoms with Crippen LogP contribution in [0.25, 0.3) is 155 Å². The quantitative estimate of drug-likeness (QED) is 0.152. The van der Waals surface area contributed by atoms with Crippen molar-refractivity contribution in [2.45, 2.75) is 105 Å². The van der Waals surface area contributed by atoms with Gasteiger partial charge in [-0.1, -0.05) is 241 Å². The first-order valence-corrected chi connectivity index (χ1v) is 34.6. The molecule has 0 aliphatic carbocycles. The molecule has 0 saturated heterocycles. The third-order valence-electron chi connectivity index (χ3n) is 20.7. The van der Waals surface area contributed by atoms with Gasteiger partial charge in [-0.05, 0) is 152 Å². The van der Waals surface area contributed by atoms with Crippen LogP contribution in [-0.4, -0.2) is 28.2 Å². The summed E-state index contributed by atoms with van der Waals surface area (Å²) >= 11 is 0. The molecule has 11 aromatic carbocycles. The molecule has 0 amide bonds. The zero-order valence-corrected chi connectivity index (χ0v) is 58.1. The van der Waals surface area contributed by atoms with Crippen LogP contribution in [0.3, 0.4) is 0 Å². The second-order valence-electron chi connectivity index (χ2n) is 31.1. The molecule has 0 fully saturated rings. The number of hydrogen-bond donors (Lipinski definition) is 0. The molecule has 98 heavy (non-hydrogen) atoms. The molecule has 6 aromatic heterocycles. The first-order chi connectivity index (χ1) is 47.2. The van der Waals surface area contributed by atoms with Crippen LogP contribution >= 0.6 is 0 Å². The van der Waals surface area contributed by atoms with Gasteiger partial charge in [0.25, 0.3) is 0 Å². The number of rotatable bonds is 8. The molecule has 0 saturated carbocycles. The highest BCUT2D eigenvalue weighted by Gasteiger charge is 2.37. The van der Waals surface area contributed by atoms with Gasteiger partial charge in [-0.15, -0.1) is 0 Å². The van der Waals surface area contributed by atoms with Gasteiger partial charge in [0.1, 0.15) is 0 Å². The predicted molar refractivity (Wildman–Crippen MR) is 416 cm³/mol. The SMILES string of the molecule is CC(C)(C)c1ccc2c(c1)c1ccccc1n2-c1c(-c2ccncc2)c(-n2c3ccccc3c3cc(C(C)(C)C)ccc32)c(-n2c3ccccc3c3cc(C(C)(C)C)ccc32)c(-n2c3ccccc3c3cc(C(C)(C)C)ccc32)c1-c1cc(-c2ccccc2)nc(-c2ccccc2)c1. The first kappa shape index (κ1) is 60.6. The number of aromatic nitrogens is 6. The van der Waals surface area contributed by atoms with Crippen molar-refractivity contribution in [3.63, 3.8) is 0 Å². The molecule has 0 bridgehead atoms. The molecule has 0 aliphatic heterocycles. The third kappa shape index (κ3) is 9.65. The van der Waals surface area contributed by atoms with Gasteiger partial charge < -0.3 is 18.3 Å². The minimum absolute atomic E-state index is 0.129. The molecule has 0 atom stereocenters. The van der Waals surface area contributed by atoms with Crippen LogP contribution in [0.15, 0.2) is 267 Å². The Labute approximate surface area is 573 Å². The molecule has 478 valence electrons. The van der Waals surface area contributed by atoms with Crippen molar-refractivity contribution in [3.05, 3.63) is 289 Å². The maximum atomic E-state index is 5.73. The van der Waals surface area contributed by atoms with Gasteiger partial charge in [-0.3, -0.25) is 4.98 Å². The third-order valence-corrected chi connectivity index (χ3v) is 20.7. The fourth-order valence-electron chi connectivity index (χ4n) is 15.5. The van der Waals surface area contributed by atoms with E-state index in [2.05, 4.69) is 356 Å². The van der Waals surface area contributed by atoms with Crippen molar-refractivity contribution in [3.8, 4) is 67.5 Å². The van der Waals surface area contributed by atoms with Crippen LogP contribution in [0, 0.1) is 0 Å². The number of benzene rings is 11. The van der Waals surface area contributed by atoms with E-state index in [1.807, 2.05) is 12.4 Å². The lowest BCUT2D eigenvalue weighted by Crippen LogP contribution is -2.16. The van der Waals surface area contributed by atoms with Gasteiger partial charge in [-0.25, -0.2) is 4.98 Å². The molecule has 0 N–H and O–H groups in total. The topological polar surface area (TPSA) is 45.5 Å². The van der Waals surface area contributed by atoms with Crippen molar-refractivity contribution in [2.24, 2.45) is 0 Å². The summed E-state index contributed by atoms with van der Waals surface area (Å²) in [6, 6.07) is 96.4. The van der Waals surface area contributed by atoms with Crippen LogP contribution < -0.4 is 0 Å². The van der Waals surface area contributed by atoms with Crippen LogP contribution in [0.4, 0.5) is 0 Å². The number of fused-ring (bicyclic) bond motifs is 12. The Hall–Kier alpha value is -11.1. The van der Waals surface area contributed by atoms with Crippen LogP contribution in [0.2, 0.25) is 0 Å². The van der Waals surface area contributed by atoms with Gasteiger partial charge in [0.05, 0.1) is 78.3 Å². The highest BCUT2D eigenvalue weighted by molar-refractivity contribution is 6.19. The predicted octanol–water partition coefficient (Wildman–Crippen LogP) is 24.7. The summed E-state index contributed by atoms with van der Waals surface area (Å²) in [6.07, 6.45) is 3.97. The lowest BCUT2D eigenvalue weighted by molar-refractivity contribution is 0.591.